The number of para-hydroxylation sites is 3. The van der Waals surface area contributed by atoms with E-state index in [4.69, 9.17) is 0 Å². The molecule has 0 unspecified atom stereocenters. The van der Waals surface area contributed by atoms with Crippen LogP contribution in [-0.4, -0.2) is 35.6 Å². The third kappa shape index (κ3) is 4.06. The fourth-order valence-electron chi connectivity index (χ4n) is 2.33. The van der Waals surface area contributed by atoms with Crippen LogP contribution >= 0.6 is 0 Å². The summed E-state index contributed by atoms with van der Waals surface area (Å²) in [4.78, 5) is 14.0. The minimum Gasteiger partial charge on any atom is -0.319 e. The Hall–Kier alpha value is -3.20. The molecule has 0 atom stereocenters. The van der Waals surface area contributed by atoms with Crippen molar-refractivity contribution in [1.29, 1.82) is 0 Å². The van der Waals surface area contributed by atoms with E-state index >= 15 is 0 Å². The summed E-state index contributed by atoms with van der Waals surface area (Å²) in [5.41, 5.74) is 1.95. The maximum Gasteiger partial charge on any atom is 0.278 e. The number of sulfonamides is 1. The number of rotatable bonds is 5. The van der Waals surface area contributed by atoms with E-state index in [1.54, 1.807) is 31.2 Å². The van der Waals surface area contributed by atoms with Crippen LogP contribution in [0.25, 0.3) is 5.69 Å². The summed E-state index contributed by atoms with van der Waals surface area (Å²) in [5, 5.41) is 11.2. The Labute approximate surface area is 150 Å². The van der Waals surface area contributed by atoms with Crippen molar-refractivity contribution in [2.24, 2.45) is 0 Å². The van der Waals surface area contributed by atoms with Crippen LogP contribution in [0.1, 0.15) is 16.2 Å². The van der Waals surface area contributed by atoms with Gasteiger partial charge in [-0.25, -0.2) is 8.42 Å². The third-order valence-electron chi connectivity index (χ3n) is 3.45. The highest BCUT2D eigenvalue weighted by molar-refractivity contribution is 7.92. The van der Waals surface area contributed by atoms with Gasteiger partial charge < -0.3 is 5.32 Å². The average Bonchev–Trinajstić information content (AvgIpc) is 2.98. The SMILES string of the molecule is Cc1nn(-c2ccccc2)nc1C(=O)Nc1ccccc1NS(C)(=O)=O. The van der Waals surface area contributed by atoms with E-state index in [0.717, 1.165) is 11.9 Å². The molecule has 3 rings (SSSR count). The molecule has 0 spiro atoms. The predicted octanol–water partition coefficient (Wildman–Crippen LogP) is 2.20. The lowest BCUT2D eigenvalue weighted by molar-refractivity contribution is 0.102. The molecule has 2 N–H and O–H groups in total. The first-order chi connectivity index (χ1) is 12.3. The first-order valence-electron chi connectivity index (χ1n) is 7.71. The summed E-state index contributed by atoms with van der Waals surface area (Å²) in [7, 11) is -3.47. The maximum absolute atomic E-state index is 12.6. The Morgan fingerprint density at radius 3 is 2.23 bits per heavy atom. The number of hydrogen-bond donors (Lipinski definition) is 2. The molecule has 9 heteroatoms. The monoisotopic (exact) mass is 371 g/mol. The van der Waals surface area contributed by atoms with Crippen LogP contribution in [0.4, 0.5) is 11.4 Å². The zero-order valence-corrected chi connectivity index (χ0v) is 15.0. The smallest absolute Gasteiger partial charge is 0.278 e. The van der Waals surface area contributed by atoms with Crippen molar-refractivity contribution < 1.29 is 13.2 Å². The largest absolute Gasteiger partial charge is 0.319 e. The quantitative estimate of drug-likeness (QED) is 0.715. The molecule has 0 radical (unpaired) electrons. The summed E-state index contributed by atoms with van der Waals surface area (Å²) in [6, 6.07) is 15.7. The molecule has 0 aliphatic heterocycles. The van der Waals surface area contributed by atoms with E-state index in [-0.39, 0.29) is 11.4 Å². The second-order valence-corrected chi connectivity index (χ2v) is 7.38. The number of aryl methyl sites for hydroxylation is 1. The lowest BCUT2D eigenvalue weighted by atomic mass is 10.2. The van der Waals surface area contributed by atoms with Crippen LogP contribution in [0.2, 0.25) is 0 Å². The molecule has 26 heavy (non-hydrogen) atoms. The normalized spacial score (nSPS) is 11.2. The van der Waals surface area contributed by atoms with Crippen LogP contribution in [0.15, 0.2) is 54.6 Å². The molecule has 1 amide bonds. The van der Waals surface area contributed by atoms with Gasteiger partial charge in [0, 0.05) is 0 Å². The van der Waals surface area contributed by atoms with Gasteiger partial charge in [-0.15, -0.1) is 5.10 Å². The summed E-state index contributed by atoms with van der Waals surface area (Å²) in [6.45, 7) is 1.68. The summed E-state index contributed by atoms with van der Waals surface area (Å²) in [5.74, 6) is -0.479. The van der Waals surface area contributed by atoms with Crippen molar-refractivity contribution in [2.45, 2.75) is 6.92 Å². The van der Waals surface area contributed by atoms with Gasteiger partial charge in [-0.05, 0) is 31.2 Å². The number of carbonyl (C=O) groups is 1. The number of nitrogens with one attached hydrogen (secondary N) is 2. The number of amides is 1. The van der Waals surface area contributed by atoms with Crippen molar-refractivity contribution in [1.82, 2.24) is 15.0 Å². The highest BCUT2D eigenvalue weighted by Crippen LogP contribution is 2.22. The molecule has 0 bridgehead atoms. The Balaban J connectivity index is 1.87. The molecule has 1 heterocycles. The van der Waals surface area contributed by atoms with Crippen molar-refractivity contribution in [3.8, 4) is 5.69 Å². The lowest BCUT2D eigenvalue weighted by Gasteiger charge is -2.11. The van der Waals surface area contributed by atoms with Gasteiger partial charge in [-0.1, -0.05) is 30.3 Å². The molecule has 0 saturated carbocycles. The fourth-order valence-corrected chi connectivity index (χ4v) is 2.91. The van der Waals surface area contributed by atoms with Crippen molar-refractivity contribution in [3.63, 3.8) is 0 Å². The molecule has 0 aliphatic rings. The topological polar surface area (TPSA) is 106 Å². The zero-order chi connectivity index (χ0) is 18.7. The Morgan fingerprint density at radius 2 is 1.58 bits per heavy atom. The number of anilines is 2. The number of benzene rings is 2. The highest BCUT2D eigenvalue weighted by atomic mass is 32.2. The molecule has 134 valence electrons. The lowest BCUT2D eigenvalue weighted by Crippen LogP contribution is -2.17. The van der Waals surface area contributed by atoms with Crippen LogP contribution in [-0.2, 0) is 10.0 Å². The number of aromatic nitrogens is 3. The third-order valence-corrected chi connectivity index (χ3v) is 4.05. The molecule has 0 saturated heterocycles. The highest BCUT2D eigenvalue weighted by Gasteiger charge is 2.18. The molecule has 3 aromatic rings. The second-order valence-electron chi connectivity index (χ2n) is 5.63. The molecule has 2 aromatic carbocycles. The van der Waals surface area contributed by atoms with E-state index in [1.165, 1.54) is 4.80 Å². The number of carbonyl (C=O) groups excluding carboxylic acids is 1. The van der Waals surface area contributed by atoms with Gasteiger partial charge in [-0.3, -0.25) is 9.52 Å². The first-order valence-corrected chi connectivity index (χ1v) is 9.60. The van der Waals surface area contributed by atoms with Crippen LogP contribution in [0, 0.1) is 6.92 Å². The first kappa shape index (κ1) is 17.6. The van der Waals surface area contributed by atoms with Crippen LogP contribution in [0.3, 0.4) is 0 Å². The average molecular weight is 371 g/mol. The molecular weight excluding hydrogens is 354 g/mol. The van der Waals surface area contributed by atoms with Gasteiger partial charge >= 0.3 is 0 Å². The minimum absolute atomic E-state index is 0.156. The Kier molecular flexibility index (Phi) is 4.72. The summed E-state index contributed by atoms with van der Waals surface area (Å²) >= 11 is 0. The predicted molar refractivity (Wildman–Crippen MR) is 99.0 cm³/mol. The van der Waals surface area contributed by atoms with E-state index in [9.17, 15) is 13.2 Å². The fraction of sp³-hybridized carbons (Fsp3) is 0.118. The Bertz CT molecular complexity index is 1050. The number of nitrogens with zero attached hydrogens (tertiary/aromatic N) is 3. The molecule has 1 aromatic heterocycles. The standard InChI is InChI=1S/C17H17N5O3S/c1-12-16(20-22(19-12)13-8-4-3-5-9-13)17(23)18-14-10-6-7-11-15(14)21-26(2,24)25/h3-11,21H,1-2H3,(H,18,23). The summed E-state index contributed by atoms with van der Waals surface area (Å²) < 4.78 is 25.3. The van der Waals surface area contributed by atoms with E-state index in [0.29, 0.717) is 11.4 Å². The molecule has 0 aliphatic carbocycles. The van der Waals surface area contributed by atoms with Crippen molar-refractivity contribution >= 4 is 27.3 Å². The van der Waals surface area contributed by atoms with Crippen LogP contribution < -0.4 is 10.0 Å². The zero-order valence-electron chi connectivity index (χ0n) is 14.2. The Morgan fingerprint density at radius 1 is 0.962 bits per heavy atom. The van der Waals surface area contributed by atoms with Gasteiger partial charge in [0.1, 0.15) is 0 Å². The van der Waals surface area contributed by atoms with E-state index < -0.39 is 15.9 Å². The maximum atomic E-state index is 12.6. The molecular formula is C17H17N5O3S. The van der Waals surface area contributed by atoms with E-state index in [1.807, 2.05) is 30.3 Å². The molecule has 8 nitrogen and oxygen atoms in total. The summed E-state index contributed by atoms with van der Waals surface area (Å²) in [6.07, 6.45) is 1.04. The molecule has 0 fully saturated rings. The van der Waals surface area contributed by atoms with Crippen molar-refractivity contribution in [3.05, 3.63) is 66.0 Å². The van der Waals surface area contributed by atoms with Crippen molar-refractivity contribution in [2.75, 3.05) is 16.3 Å². The second kappa shape index (κ2) is 6.96. The van der Waals surface area contributed by atoms with Gasteiger partial charge in [-0.2, -0.15) is 9.90 Å². The van der Waals surface area contributed by atoms with Gasteiger partial charge in [0.15, 0.2) is 5.69 Å². The van der Waals surface area contributed by atoms with Crippen LogP contribution in [0.5, 0.6) is 0 Å². The number of hydrogen-bond acceptors (Lipinski definition) is 5. The van der Waals surface area contributed by atoms with Gasteiger partial charge in [0.05, 0.1) is 29.0 Å². The minimum atomic E-state index is -3.47. The van der Waals surface area contributed by atoms with E-state index in [2.05, 4.69) is 20.2 Å². The van der Waals surface area contributed by atoms with Gasteiger partial charge in [0.2, 0.25) is 10.0 Å². The van der Waals surface area contributed by atoms with Gasteiger partial charge in [0.25, 0.3) is 5.91 Å².